The Hall–Kier alpha value is -2.34. The number of aryl methyl sites for hydroxylation is 2. The zero-order chi connectivity index (χ0) is 12.4. The van der Waals surface area contributed by atoms with Crippen LogP contribution in [0.4, 0.5) is 5.69 Å². The fourth-order valence-electron chi connectivity index (χ4n) is 1.99. The Kier molecular flexibility index (Phi) is 2.80. The van der Waals surface area contributed by atoms with Gasteiger partial charge in [-0.05, 0) is 19.4 Å². The van der Waals surface area contributed by atoms with E-state index in [-0.39, 0.29) is 0 Å². The SMILES string of the molecule is Cc1nc(C)c(-c2ccccc2)c(N)c1C#N. The number of aromatic nitrogens is 1. The molecule has 0 spiro atoms. The minimum atomic E-state index is 0.467. The van der Waals surface area contributed by atoms with Crippen molar-refractivity contribution in [2.75, 3.05) is 5.73 Å². The average molecular weight is 223 g/mol. The van der Waals surface area contributed by atoms with E-state index in [1.54, 1.807) is 6.92 Å². The number of nitrogen functional groups attached to an aromatic ring is 1. The molecule has 1 heterocycles. The van der Waals surface area contributed by atoms with E-state index in [9.17, 15) is 0 Å². The molecule has 3 nitrogen and oxygen atoms in total. The van der Waals surface area contributed by atoms with Crippen LogP contribution in [0.1, 0.15) is 17.0 Å². The smallest absolute Gasteiger partial charge is 0.103 e. The first-order valence-electron chi connectivity index (χ1n) is 5.37. The van der Waals surface area contributed by atoms with Gasteiger partial charge < -0.3 is 5.73 Å². The molecule has 0 radical (unpaired) electrons. The third kappa shape index (κ3) is 1.85. The lowest BCUT2D eigenvalue weighted by atomic mass is 9.99. The average Bonchev–Trinajstić information content (AvgIpc) is 2.30. The molecule has 0 amide bonds. The highest BCUT2D eigenvalue weighted by Crippen LogP contribution is 2.31. The number of nitrogens with zero attached hydrogens (tertiary/aromatic N) is 2. The third-order valence-corrected chi connectivity index (χ3v) is 2.77. The normalized spacial score (nSPS) is 9.94. The molecule has 0 aliphatic rings. The van der Waals surface area contributed by atoms with Crippen molar-refractivity contribution in [2.45, 2.75) is 13.8 Å². The van der Waals surface area contributed by atoms with Crippen LogP contribution in [0.15, 0.2) is 30.3 Å². The molecule has 3 heteroatoms. The van der Waals surface area contributed by atoms with Crippen molar-refractivity contribution in [3.8, 4) is 17.2 Å². The van der Waals surface area contributed by atoms with E-state index in [2.05, 4.69) is 11.1 Å². The molecule has 0 bridgehead atoms. The van der Waals surface area contributed by atoms with Gasteiger partial charge in [-0.1, -0.05) is 30.3 Å². The Balaban J connectivity index is 2.76. The maximum atomic E-state index is 9.09. The summed E-state index contributed by atoms with van der Waals surface area (Å²) >= 11 is 0. The highest BCUT2D eigenvalue weighted by Gasteiger charge is 2.14. The lowest BCUT2D eigenvalue weighted by molar-refractivity contribution is 1.11. The molecule has 2 N–H and O–H groups in total. The van der Waals surface area contributed by atoms with Crippen molar-refractivity contribution in [3.63, 3.8) is 0 Å². The van der Waals surface area contributed by atoms with Gasteiger partial charge in [0.1, 0.15) is 6.07 Å². The second-order valence-corrected chi connectivity index (χ2v) is 3.92. The summed E-state index contributed by atoms with van der Waals surface area (Å²) in [6, 6.07) is 11.9. The van der Waals surface area contributed by atoms with Gasteiger partial charge in [0, 0.05) is 11.3 Å². The predicted molar refractivity (Wildman–Crippen MR) is 68.3 cm³/mol. The van der Waals surface area contributed by atoms with Crippen molar-refractivity contribution in [1.82, 2.24) is 4.98 Å². The number of nitrogens with two attached hydrogens (primary N) is 1. The fraction of sp³-hybridized carbons (Fsp3) is 0.143. The third-order valence-electron chi connectivity index (χ3n) is 2.77. The molecule has 0 fully saturated rings. The number of benzene rings is 1. The highest BCUT2D eigenvalue weighted by molar-refractivity contribution is 5.82. The Morgan fingerprint density at radius 2 is 1.76 bits per heavy atom. The van der Waals surface area contributed by atoms with Gasteiger partial charge in [-0.15, -0.1) is 0 Å². The monoisotopic (exact) mass is 223 g/mol. The standard InChI is InChI=1S/C14H13N3/c1-9-12(8-15)14(16)13(10(2)17-9)11-6-4-3-5-7-11/h3-7H,1-2H3,(H2,16,17). The molecular formula is C14H13N3. The Labute approximate surface area is 101 Å². The number of hydrogen-bond donors (Lipinski definition) is 1. The van der Waals surface area contributed by atoms with Crippen LogP contribution >= 0.6 is 0 Å². The second kappa shape index (κ2) is 4.26. The summed E-state index contributed by atoms with van der Waals surface area (Å²) in [4.78, 5) is 4.38. The van der Waals surface area contributed by atoms with Crippen molar-refractivity contribution >= 4 is 5.69 Å². The molecule has 17 heavy (non-hydrogen) atoms. The quantitative estimate of drug-likeness (QED) is 0.808. The van der Waals surface area contributed by atoms with E-state index in [0.717, 1.165) is 16.8 Å². The fourth-order valence-corrected chi connectivity index (χ4v) is 1.99. The first kappa shape index (κ1) is 11.2. The number of rotatable bonds is 1. The molecule has 0 saturated heterocycles. The summed E-state index contributed by atoms with van der Waals surface area (Å²) < 4.78 is 0. The highest BCUT2D eigenvalue weighted by atomic mass is 14.7. The van der Waals surface area contributed by atoms with Gasteiger partial charge in [0.05, 0.1) is 16.9 Å². The van der Waals surface area contributed by atoms with E-state index in [1.807, 2.05) is 37.3 Å². The van der Waals surface area contributed by atoms with Gasteiger partial charge in [-0.25, -0.2) is 0 Å². The van der Waals surface area contributed by atoms with E-state index >= 15 is 0 Å². The second-order valence-electron chi connectivity index (χ2n) is 3.92. The molecular weight excluding hydrogens is 210 g/mol. The Bertz CT molecular complexity index is 595. The molecule has 1 aromatic heterocycles. The van der Waals surface area contributed by atoms with Gasteiger partial charge in [-0.3, -0.25) is 4.98 Å². The summed E-state index contributed by atoms with van der Waals surface area (Å²) in [6.45, 7) is 3.71. The molecule has 1 aromatic carbocycles. The van der Waals surface area contributed by atoms with Crippen LogP contribution in [0.2, 0.25) is 0 Å². The van der Waals surface area contributed by atoms with Crippen LogP contribution in [0, 0.1) is 25.2 Å². The van der Waals surface area contributed by atoms with Crippen LogP contribution in [0.5, 0.6) is 0 Å². The van der Waals surface area contributed by atoms with E-state index in [4.69, 9.17) is 11.0 Å². The molecule has 0 unspecified atom stereocenters. The van der Waals surface area contributed by atoms with Crippen LogP contribution in [0.25, 0.3) is 11.1 Å². The molecule has 0 aliphatic carbocycles. The molecule has 2 rings (SSSR count). The molecule has 84 valence electrons. The van der Waals surface area contributed by atoms with Gasteiger partial charge in [0.25, 0.3) is 0 Å². The minimum Gasteiger partial charge on any atom is -0.397 e. The number of nitriles is 1. The topological polar surface area (TPSA) is 62.7 Å². The van der Waals surface area contributed by atoms with Gasteiger partial charge in [0.15, 0.2) is 0 Å². The number of pyridine rings is 1. The minimum absolute atomic E-state index is 0.467. The maximum Gasteiger partial charge on any atom is 0.103 e. The maximum absolute atomic E-state index is 9.09. The molecule has 0 saturated carbocycles. The molecule has 0 atom stereocenters. The summed E-state index contributed by atoms with van der Waals surface area (Å²) in [5.74, 6) is 0. The van der Waals surface area contributed by atoms with Crippen molar-refractivity contribution in [2.24, 2.45) is 0 Å². The molecule has 2 aromatic rings. The molecule has 0 aliphatic heterocycles. The van der Waals surface area contributed by atoms with Crippen LogP contribution in [-0.2, 0) is 0 Å². The van der Waals surface area contributed by atoms with Crippen LogP contribution in [0.3, 0.4) is 0 Å². The largest absolute Gasteiger partial charge is 0.397 e. The van der Waals surface area contributed by atoms with Gasteiger partial charge in [0.2, 0.25) is 0 Å². The lowest BCUT2D eigenvalue weighted by Crippen LogP contribution is -2.02. The van der Waals surface area contributed by atoms with Crippen LogP contribution in [-0.4, -0.2) is 4.98 Å². The van der Waals surface area contributed by atoms with E-state index < -0.39 is 0 Å². The first-order chi connectivity index (χ1) is 8.15. The predicted octanol–water partition coefficient (Wildman–Crippen LogP) is 2.82. The lowest BCUT2D eigenvalue weighted by Gasteiger charge is -2.12. The number of anilines is 1. The zero-order valence-corrected chi connectivity index (χ0v) is 9.86. The van der Waals surface area contributed by atoms with E-state index in [1.165, 1.54) is 0 Å². The summed E-state index contributed by atoms with van der Waals surface area (Å²) in [7, 11) is 0. The Morgan fingerprint density at radius 1 is 1.12 bits per heavy atom. The summed E-state index contributed by atoms with van der Waals surface area (Å²) in [5, 5.41) is 9.09. The zero-order valence-electron chi connectivity index (χ0n) is 9.86. The summed E-state index contributed by atoms with van der Waals surface area (Å²) in [5.41, 5.74) is 10.4. The number of hydrogen-bond acceptors (Lipinski definition) is 3. The van der Waals surface area contributed by atoms with E-state index in [0.29, 0.717) is 16.9 Å². The first-order valence-corrected chi connectivity index (χ1v) is 5.37. The van der Waals surface area contributed by atoms with Gasteiger partial charge in [-0.2, -0.15) is 5.26 Å². The van der Waals surface area contributed by atoms with Crippen molar-refractivity contribution in [1.29, 1.82) is 5.26 Å². The van der Waals surface area contributed by atoms with Crippen molar-refractivity contribution < 1.29 is 0 Å². The van der Waals surface area contributed by atoms with Crippen molar-refractivity contribution in [3.05, 3.63) is 47.3 Å². The van der Waals surface area contributed by atoms with Crippen LogP contribution < -0.4 is 5.73 Å². The Morgan fingerprint density at radius 3 is 2.35 bits per heavy atom. The van der Waals surface area contributed by atoms with Gasteiger partial charge >= 0.3 is 0 Å². The summed E-state index contributed by atoms with van der Waals surface area (Å²) in [6.07, 6.45) is 0.